The number of furan rings is 1. The van der Waals surface area contributed by atoms with Crippen molar-refractivity contribution in [2.45, 2.75) is 0 Å². The Morgan fingerprint density at radius 3 is 2.30 bits per heavy atom. The molecule has 46 heavy (non-hydrogen) atoms. The molecule has 4 heterocycles. The van der Waals surface area contributed by atoms with Crippen LogP contribution in [0.5, 0.6) is 0 Å². The molecule has 0 aliphatic carbocycles. The normalized spacial score (nSPS) is 11.4. The third kappa shape index (κ3) is 4.45. The van der Waals surface area contributed by atoms with E-state index in [1.165, 1.54) is 0 Å². The Morgan fingerprint density at radius 1 is 0.674 bits per heavy atom. The number of hydrogen-bond donors (Lipinski definition) is 0. The van der Waals surface area contributed by atoms with Crippen molar-refractivity contribution in [3.63, 3.8) is 0 Å². The van der Waals surface area contributed by atoms with Gasteiger partial charge in [0.1, 0.15) is 11.4 Å². The van der Waals surface area contributed by atoms with Crippen LogP contribution in [0.2, 0.25) is 0 Å². The van der Waals surface area contributed by atoms with E-state index in [4.69, 9.17) is 9.40 Å². The van der Waals surface area contributed by atoms with Crippen molar-refractivity contribution >= 4 is 60.8 Å². The molecular weight excluding hydrogens is 750 g/mol. The molecule has 0 amide bonds. The molecule has 7 heteroatoms. The van der Waals surface area contributed by atoms with Crippen LogP contribution in [0.4, 0.5) is 17.1 Å². The van der Waals surface area contributed by atoms with Gasteiger partial charge < -0.3 is 13.9 Å². The summed E-state index contributed by atoms with van der Waals surface area (Å²) in [6, 6.07) is 48.8. The molecular formula is C39H25N5OPt. The standard InChI is InChI=1S/C39H25N5O.Pt/c1-42-23-21-33(41-42)26-10-8-11-27(24-26)43(35-16-9-14-32-31-13-3-5-17-37(31)45-39(32)35)28-19-20-30-29-12-2-4-15-34(29)44(36(30)25-28)38-18-6-7-22-40-38;/h2-23H,1H3;/q-2;+2. The SMILES string of the molecule is Cn1ccc(-c2[c-]c(N(c3[c-]c4c(cc3)c3ccccc3n4-c3ccccn3)c3cccc4c3oc3ccccc34)ccc2)n1.[Pt+2]. The number of para-hydroxylation sites is 3. The van der Waals surface area contributed by atoms with Crippen LogP contribution in [0.1, 0.15) is 0 Å². The van der Waals surface area contributed by atoms with E-state index in [1.54, 1.807) is 4.68 Å². The van der Waals surface area contributed by atoms with E-state index in [0.29, 0.717) is 0 Å². The van der Waals surface area contributed by atoms with E-state index in [-0.39, 0.29) is 21.1 Å². The van der Waals surface area contributed by atoms with Gasteiger partial charge in [-0.15, -0.1) is 47.3 Å². The first-order valence-corrected chi connectivity index (χ1v) is 14.8. The fraction of sp³-hybridized carbons (Fsp3) is 0.0256. The Hall–Kier alpha value is -5.45. The monoisotopic (exact) mass is 774 g/mol. The second-order valence-corrected chi connectivity index (χ2v) is 11.1. The van der Waals surface area contributed by atoms with Gasteiger partial charge >= 0.3 is 21.1 Å². The number of anilines is 3. The van der Waals surface area contributed by atoms with Crippen LogP contribution in [0.3, 0.4) is 0 Å². The summed E-state index contributed by atoms with van der Waals surface area (Å²) in [5.74, 6) is 0.840. The zero-order chi connectivity index (χ0) is 29.9. The molecule has 222 valence electrons. The quantitative estimate of drug-likeness (QED) is 0.164. The molecule has 5 aromatic carbocycles. The molecule has 0 bridgehead atoms. The number of benzene rings is 5. The minimum absolute atomic E-state index is 0. The van der Waals surface area contributed by atoms with E-state index >= 15 is 0 Å². The maximum absolute atomic E-state index is 6.55. The van der Waals surface area contributed by atoms with Crippen molar-refractivity contribution in [2.24, 2.45) is 7.05 Å². The molecule has 0 fully saturated rings. The van der Waals surface area contributed by atoms with Crippen molar-refractivity contribution in [3.8, 4) is 17.1 Å². The van der Waals surface area contributed by atoms with Crippen molar-refractivity contribution < 1.29 is 25.5 Å². The molecule has 0 spiro atoms. The van der Waals surface area contributed by atoms with Gasteiger partial charge in [0.25, 0.3) is 0 Å². The van der Waals surface area contributed by atoms with E-state index in [2.05, 4.69) is 93.4 Å². The van der Waals surface area contributed by atoms with Gasteiger partial charge in [-0.05, 0) is 41.4 Å². The number of aryl methyl sites for hydroxylation is 1. The Morgan fingerprint density at radius 2 is 1.46 bits per heavy atom. The third-order valence-electron chi connectivity index (χ3n) is 8.32. The summed E-state index contributed by atoms with van der Waals surface area (Å²) in [5.41, 5.74) is 8.02. The van der Waals surface area contributed by atoms with Crippen molar-refractivity contribution in [2.75, 3.05) is 4.90 Å². The minimum Gasteiger partial charge on any atom is -0.454 e. The van der Waals surface area contributed by atoms with Gasteiger partial charge in [0.05, 0.1) is 5.69 Å². The summed E-state index contributed by atoms with van der Waals surface area (Å²) in [5, 5.41) is 9.03. The molecule has 4 aromatic heterocycles. The molecule has 0 saturated heterocycles. The van der Waals surface area contributed by atoms with Crippen LogP contribution in [0, 0.1) is 12.1 Å². The Kier molecular flexibility index (Phi) is 6.81. The van der Waals surface area contributed by atoms with Gasteiger partial charge in [0.2, 0.25) is 0 Å². The zero-order valence-corrected chi connectivity index (χ0v) is 26.9. The smallest absolute Gasteiger partial charge is 0.454 e. The van der Waals surface area contributed by atoms with Gasteiger partial charge in [-0.3, -0.25) is 4.68 Å². The first-order chi connectivity index (χ1) is 22.2. The second kappa shape index (κ2) is 11.2. The number of rotatable bonds is 5. The van der Waals surface area contributed by atoms with Crippen LogP contribution in [0.15, 0.2) is 138 Å². The molecule has 0 aliphatic heterocycles. The van der Waals surface area contributed by atoms with E-state index < -0.39 is 0 Å². The first kappa shape index (κ1) is 28.1. The fourth-order valence-corrected chi connectivity index (χ4v) is 6.33. The Balaban J connectivity index is 0.00000312. The molecule has 0 saturated carbocycles. The molecule has 9 aromatic rings. The van der Waals surface area contributed by atoms with Crippen LogP contribution < -0.4 is 4.90 Å². The predicted octanol–water partition coefficient (Wildman–Crippen LogP) is 9.55. The van der Waals surface area contributed by atoms with E-state index in [1.807, 2.05) is 74.0 Å². The summed E-state index contributed by atoms with van der Waals surface area (Å²) >= 11 is 0. The van der Waals surface area contributed by atoms with E-state index in [0.717, 1.165) is 77.9 Å². The molecule has 9 rings (SSSR count). The number of fused-ring (bicyclic) bond motifs is 6. The number of hydrogen-bond acceptors (Lipinski definition) is 4. The van der Waals surface area contributed by atoms with Crippen molar-refractivity contribution in [3.05, 3.63) is 146 Å². The number of pyridine rings is 1. The average Bonchev–Trinajstić information content (AvgIpc) is 3.79. The maximum atomic E-state index is 6.55. The Bertz CT molecular complexity index is 2530. The molecule has 0 N–H and O–H groups in total. The van der Waals surface area contributed by atoms with Crippen molar-refractivity contribution in [1.82, 2.24) is 19.3 Å². The maximum Gasteiger partial charge on any atom is 2.00 e. The largest absolute Gasteiger partial charge is 2.00 e. The molecule has 0 atom stereocenters. The van der Waals surface area contributed by atoms with Crippen molar-refractivity contribution in [1.29, 1.82) is 0 Å². The summed E-state index contributed by atoms with van der Waals surface area (Å²) in [6.07, 6.45) is 3.77. The number of aromatic nitrogens is 4. The fourth-order valence-electron chi connectivity index (χ4n) is 6.33. The van der Waals surface area contributed by atoms with Gasteiger partial charge in [0, 0.05) is 41.4 Å². The van der Waals surface area contributed by atoms with Crippen LogP contribution in [0.25, 0.3) is 60.8 Å². The predicted molar refractivity (Wildman–Crippen MR) is 180 cm³/mol. The van der Waals surface area contributed by atoms with E-state index in [9.17, 15) is 0 Å². The minimum atomic E-state index is 0. The van der Waals surface area contributed by atoms with Crippen LogP contribution in [-0.2, 0) is 28.1 Å². The Labute approximate surface area is 279 Å². The summed E-state index contributed by atoms with van der Waals surface area (Å²) in [6.45, 7) is 0. The number of nitrogens with zero attached hydrogens (tertiary/aromatic N) is 5. The average molecular weight is 775 g/mol. The second-order valence-electron chi connectivity index (χ2n) is 11.1. The first-order valence-electron chi connectivity index (χ1n) is 14.8. The molecule has 0 radical (unpaired) electrons. The molecule has 6 nitrogen and oxygen atoms in total. The third-order valence-corrected chi connectivity index (χ3v) is 8.32. The van der Waals surface area contributed by atoms with Gasteiger partial charge in [-0.2, -0.15) is 6.07 Å². The zero-order valence-electron chi connectivity index (χ0n) is 24.7. The van der Waals surface area contributed by atoms with Crippen LogP contribution >= 0.6 is 0 Å². The summed E-state index contributed by atoms with van der Waals surface area (Å²) < 4.78 is 10.5. The van der Waals surface area contributed by atoms with Crippen LogP contribution in [-0.4, -0.2) is 19.3 Å². The topological polar surface area (TPSA) is 52.0 Å². The summed E-state index contributed by atoms with van der Waals surface area (Å²) in [4.78, 5) is 6.90. The molecule has 0 aliphatic rings. The van der Waals surface area contributed by atoms with Gasteiger partial charge in [-0.25, -0.2) is 10.1 Å². The van der Waals surface area contributed by atoms with Gasteiger partial charge in [-0.1, -0.05) is 71.9 Å². The summed E-state index contributed by atoms with van der Waals surface area (Å²) in [7, 11) is 1.92. The van der Waals surface area contributed by atoms with Gasteiger partial charge in [0.15, 0.2) is 5.58 Å². The molecule has 0 unspecified atom stereocenters.